The molecule has 0 aromatic carbocycles. The third-order valence-corrected chi connectivity index (χ3v) is 4.36. The maximum atomic E-state index is 9.63. The van der Waals surface area contributed by atoms with Gasteiger partial charge in [-0.3, -0.25) is 4.98 Å². The van der Waals surface area contributed by atoms with Crippen molar-refractivity contribution in [3.05, 3.63) is 41.0 Å². The van der Waals surface area contributed by atoms with Gasteiger partial charge in [0.2, 0.25) is 5.95 Å². The number of aliphatic hydroxyl groups is 1. The summed E-state index contributed by atoms with van der Waals surface area (Å²) >= 11 is 6.19. The van der Waals surface area contributed by atoms with E-state index in [0.717, 1.165) is 22.2 Å². The number of furan rings is 1. The molecule has 0 aliphatic carbocycles. The lowest BCUT2D eigenvalue weighted by atomic mass is 10.1. The average molecular weight is 332 g/mol. The molecule has 0 fully saturated rings. The molecule has 1 aliphatic heterocycles. The fraction of sp³-hybridized carbons (Fsp3) is 0.267. The molecule has 4 heterocycles. The summed E-state index contributed by atoms with van der Waals surface area (Å²) in [4.78, 5) is 14.7. The monoisotopic (exact) mass is 331 g/mol. The highest BCUT2D eigenvalue weighted by atomic mass is 35.5. The number of pyridine rings is 1. The minimum Gasteiger partial charge on any atom is -0.464 e. The van der Waals surface area contributed by atoms with Gasteiger partial charge in [-0.1, -0.05) is 11.6 Å². The molecule has 3 aromatic heterocycles. The van der Waals surface area contributed by atoms with E-state index in [1.165, 1.54) is 0 Å². The van der Waals surface area contributed by atoms with Crippen LogP contribution in [0.5, 0.6) is 0 Å². The van der Waals surface area contributed by atoms with Gasteiger partial charge in [-0.25, -0.2) is 4.98 Å². The van der Waals surface area contributed by atoms with Crippen molar-refractivity contribution >= 4 is 34.3 Å². The molecule has 3 aromatic rings. The Morgan fingerprint density at radius 3 is 3.09 bits per heavy atom. The first-order valence-electron chi connectivity index (χ1n) is 7.17. The molecule has 1 unspecified atom stereocenters. The molecular weight excluding hydrogens is 318 g/mol. The van der Waals surface area contributed by atoms with E-state index in [-0.39, 0.29) is 18.5 Å². The summed E-state index contributed by atoms with van der Waals surface area (Å²) in [6, 6.07) is 3.71. The van der Waals surface area contributed by atoms with E-state index in [9.17, 15) is 5.11 Å². The largest absolute Gasteiger partial charge is 0.464 e. The zero-order valence-electron chi connectivity index (χ0n) is 12.1. The van der Waals surface area contributed by atoms with Gasteiger partial charge in [-0.05, 0) is 12.1 Å². The topological polar surface area (TPSA) is 101 Å². The van der Waals surface area contributed by atoms with Crippen LogP contribution in [0, 0.1) is 0 Å². The quantitative estimate of drug-likeness (QED) is 0.707. The number of aromatic nitrogens is 3. The van der Waals surface area contributed by atoms with Crippen LogP contribution >= 0.6 is 11.6 Å². The van der Waals surface area contributed by atoms with Crippen LogP contribution in [0.15, 0.2) is 29.0 Å². The van der Waals surface area contributed by atoms with Gasteiger partial charge in [0.1, 0.15) is 16.6 Å². The van der Waals surface area contributed by atoms with E-state index in [1.54, 1.807) is 12.5 Å². The van der Waals surface area contributed by atoms with Gasteiger partial charge in [0.05, 0.1) is 25.1 Å². The first-order valence-corrected chi connectivity index (χ1v) is 7.55. The highest BCUT2D eigenvalue weighted by Crippen LogP contribution is 2.39. The van der Waals surface area contributed by atoms with Crippen molar-refractivity contribution in [2.24, 2.45) is 0 Å². The van der Waals surface area contributed by atoms with E-state index >= 15 is 0 Å². The number of fused-ring (bicyclic) bond motifs is 2. The Morgan fingerprint density at radius 2 is 2.26 bits per heavy atom. The molecule has 1 atom stereocenters. The molecule has 1 aliphatic rings. The molecule has 8 heteroatoms. The van der Waals surface area contributed by atoms with Gasteiger partial charge in [0, 0.05) is 29.6 Å². The predicted octanol–water partition coefficient (Wildman–Crippen LogP) is 1.95. The summed E-state index contributed by atoms with van der Waals surface area (Å²) in [7, 11) is 0. The number of rotatable bonds is 3. The van der Waals surface area contributed by atoms with Crippen LogP contribution in [-0.2, 0) is 6.54 Å². The van der Waals surface area contributed by atoms with Crippen LogP contribution in [-0.4, -0.2) is 33.2 Å². The average Bonchev–Trinajstić information content (AvgIpc) is 3.13. The van der Waals surface area contributed by atoms with Crippen molar-refractivity contribution in [1.82, 2.24) is 15.0 Å². The van der Waals surface area contributed by atoms with Crippen molar-refractivity contribution < 1.29 is 9.52 Å². The smallest absolute Gasteiger partial charge is 0.223 e. The van der Waals surface area contributed by atoms with Crippen LogP contribution in [0.1, 0.15) is 17.2 Å². The maximum Gasteiger partial charge on any atom is 0.223 e. The molecule has 118 valence electrons. The molecule has 4 rings (SSSR count). The van der Waals surface area contributed by atoms with Gasteiger partial charge >= 0.3 is 0 Å². The summed E-state index contributed by atoms with van der Waals surface area (Å²) in [5.41, 5.74) is 8.12. The van der Waals surface area contributed by atoms with Gasteiger partial charge in [0.25, 0.3) is 0 Å². The van der Waals surface area contributed by atoms with Crippen molar-refractivity contribution in [2.45, 2.75) is 12.5 Å². The second-order valence-electron chi connectivity index (χ2n) is 5.46. The van der Waals surface area contributed by atoms with Crippen LogP contribution in [0.2, 0.25) is 5.15 Å². The lowest BCUT2D eigenvalue weighted by Crippen LogP contribution is -2.23. The number of nitrogens with two attached hydrogens (primary N) is 1. The first kappa shape index (κ1) is 14.2. The number of anilines is 2. The van der Waals surface area contributed by atoms with Crippen LogP contribution in [0.4, 0.5) is 11.8 Å². The summed E-state index contributed by atoms with van der Waals surface area (Å²) in [6.07, 6.45) is 3.35. The number of hydrogen-bond donors (Lipinski definition) is 2. The van der Waals surface area contributed by atoms with Crippen LogP contribution in [0.3, 0.4) is 0 Å². The van der Waals surface area contributed by atoms with Crippen molar-refractivity contribution in [2.75, 3.05) is 23.8 Å². The van der Waals surface area contributed by atoms with Crippen molar-refractivity contribution in [1.29, 1.82) is 0 Å². The Bertz CT molecular complexity index is 881. The predicted molar refractivity (Wildman–Crippen MR) is 86.3 cm³/mol. The zero-order valence-corrected chi connectivity index (χ0v) is 12.9. The Hall–Kier alpha value is -2.38. The molecule has 0 spiro atoms. The van der Waals surface area contributed by atoms with Crippen molar-refractivity contribution in [3.8, 4) is 0 Å². The lowest BCUT2D eigenvalue weighted by Gasteiger charge is -2.18. The Labute approximate surface area is 136 Å². The van der Waals surface area contributed by atoms with E-state index in [1.807, 2.05) is 17.0 Å². The first-order chi connectivity index (χ1) is 11.2. The number of nitrogen functional groups attached to an aromatic ring is 1. The number of halogens is 1. The minimum absolute atomic E-state index is 0.0279. The summed E-state index contributed by atoms with van der Waals surface area (Å²) < 4.78 is 5.41. The number of aliphatic hydroxyl groups excluding tert-OH is 1. The molecule has 3 N–H and O–H groups in total. The minimum atomic E-state index is -0.137. The second kappa shape index (κ2) is 5.36. The van der Waals surface area contributed by atoms with E-state index in [4.69, 9.17) is 21.8 Å². The SMILES string of the molecule is Nc1nc(Cl)c2c(n1)N(Cc1nccc3occc13)CC2CO. The molecular formula is C15H14ClN5O2. The molecule has 0 saturated heterocycles. The summed E-state index contributed by atoms with van der Waals surface area (Å²) in [6.45, 7) is 1.08. The van der Waals surface area contributed by atoms with Crippen LogP contribution in [0.25, 0.3) is 11.0 Å². The Kier molecular flexibility index (Phi) is 3.32. The number of nitrogens with zero attached hydrogens (tertiary/aromatic N) is 4. The zero-order chi connectivity index (χ0) is 16.0. The highest BCUT2D eigenvalue weighted by Gasteiger charge is 2.33. The van der Waals surface area contributed by atoms with Crippen LogP contribution < -0.4 is 10.6 Å². The highest BCUT2D eigenvalue weighted by molar-refractivity contribution is 6.30. The fourth-order valence-electron chi connectivity index (χ4n) is 3.03. The Balaban J connectivity index is 1.76. The summed E-state index contributed by atoms with van der Waals surface area (Å²) in [5, 5.41) is 10.9. The molecule has 0 saturated carbocycles. The standard InChI is InChI=1S/C15H14ClN5O2/c16-13-12-8(7-22)5-21(14(12)20-15(17)19-13)6-10-9-2-4-23-11(9)1-3-18-10/h1-4,8,22H,5-7H2,(H2,17,19,20). The molecule has 0 radical (unpaired) electrons. The van der Waals surface area contributed by atoms with E-state index in [2.05, 4.69) is 15.0 Å². The van der Waals surface area contributed by atoms with Crippen molar-refractivity contribution in [3.63, 3.8) is 0 Å². The fourth-order valence-corrected chi connectivity index (χ4v) is 3.36. The van der Waals surface area contributed by atoms with Gasteiger partial charge < -0.3 is 20.2 Å². The molecule has 23 heavy (non-hydrogen) atoms. The van der Waals surface area contributed by atoms with Gasteiger partial charge in [0.15, 0.2) is 0 Å². The van der Waals surface area contributed by atoms with E-state index in [0.29, 0.717) is 24.1 Å². The third kappa shape index (κ3) is 2.29. The summed E-state index contributed by atoms with van der Waals surface area (Å²) in [5.74, 6) is 0.636. The molecule has 7 nitrogen and oxygen atoms in total. The lowest BCUT2D eigenvalue weighted by molar-refractivity contribution is 0.270. The Morgan fingerprint density at radius 1 is 1.39 bits per heavy atom. The normalized spacial score (nSPS) is 17.0. The number of hydrogen-bond acceptors (Lipinski definition) is 7. The second-order valence-corrected chi connectivity index (χ2v) is 5.82. The van der Waals surface area contributed by atoms with Gasteiger partial charge in [-0.15, -0.1) is 0 Å². The van der Waals surface area contributed by atoms with Gasteiger partial charge in [-0.2, -0.15) is 4.98 Å². The maximum absolute atomic E-state index is 9.63. The molecule has 0 bridgehead atoms. The molecule has 0 amide bonds. The van der Waals surface area contributed by atoms with E-state index < -0.39 is 0 Å². The third-order valence-electron chi connectivity index (χ3n) is 4.07.